The van der Waals surface area contributed by atoms with E-state index in [2.05, 4.69) is 10.6 Å². The normalized spacial score (nSPS) is 14.9. The average Bonchev–Trinajstić information content (AvgIpc) is 2.93. The van der Waals surface area contributed by atoms with Crippen LogP contribution >= 0.6 is 23.8 Å². The zero-order valence-electron chi connectivity index (χ0n) is 14.0. The molecule has 1 saturated heterocycles. The van der Waals surface area contributed by atoms with E-state index in [9.17, 15) is 4.79 Å². The molecule has 1 amide bonds. The van der Waals surface area contributed by atoms with Crippen LogP contribution in [-0.2, 0) is 11.4 Å². The SMILES string of the molecule is CCOc1cc(C=C2NC(=S)NC2=O)ccc1OCc1ccc(Cl)cc1. The smallest absolute Gasteiger partial charge is 0.273 e. The van der Waals surface area contributed by atoms with Crippen molar-refractivity contribution < 1.29 is 14.3 Å². The fourth-order valence-corrected chi connectivity index (χ4v) is 2.72. The monoisotopic (exact) mass is 388 g/mol. The highest BCUT2D eigenvalue weighted by Crippen LogP contribution is 2.30. The molecule has 0 spiro atoms. The number of rotatable bonds is 6. The van der Waals surface area contributed by atoms with Crippen molar-refractivity contribution in [1.29, 1.82) is 0 Å². The molecule has 2 aromatic carbocycles. The number of benzene rings is 2. The molecule has 5 nitrogen and oxygen atoms in total. The van der Waals surface area contributed by atoms with Gasteiger partial charge in [0.2, 0.25) is 0 Å². The Morgan fingerprint density at radius 3 is 2.50 bits per heavy atom. The summed E-state index contributed by atoms with van der Waals surface area (Å²) in [6.07, 6.45) is 1.71. The number of nitrogens with one attached hydrogen (secondary N) is 2. The minimum Gasteiger partial charge on any atom is -0.490 e. The van der Waals surface area contributed by atoms with Gasteiger partial charge in [0.15, 0.2) is 16.6 Å². The van der Waals surface area contributed by atoms with Gasteiger partial charge in [-0.15, -0.1) is 0 Å². The zero-order chi connectivity index (χ0) is 18.5. The molecule has 3 rings (SSSR count). The van der Waals surface area contributed by atoms with Crippen molar-refractivity contribution in [2.24, 2.45) is 0 Å². The predicted molar refractivity (Wildman–Crippen MR) is 105 cm³/mol. The molecule has 0 atom stereocenters. The molecule has 1 heterocycles. The first-order valence-electron chi connectivity index (χ1n) is 8.03. The van der Waals surface area contributed by atoms with E-state index in [4.69, 9.17) is 33.3 Å². The first kappa shape index (κ1) is 18.2. The summed E-state index contributed by atoms with van der Waals surface area (Å²) in [5, 5.41) is 6.33. The van der Waals surface area contributed by atoms with Gasteiger partial charge in [-0.05, 0) is 60.6 Å². The Labute approximate surface area is 161 Å². The summed E-state index contributed by atoms with van der Waals surface area (Å²) in [5.41, 5.74) is 2.20. The summed E-state index contributed by atoms with van der Waals surface area (Å²) in [6.45, 7) is 2.80. The molecule has 1 aliphatic heterocycles. The second kappa shape index (κ2) is 8.21. The van der Waals surface area contributed by atoms with E-state index in [1.165, 1.54) is 0 Å². The van der Waals surface area contributed by atoms with Gasteiger partial charge in [-0.3, -0.25) is 10.1 Å². The maximum atomic E-state index is 11.8. The van der Waals surface area contributed by atoms with Crippen molar-refractivity contribution in [1.82, 2.24) is 10.6 Å². The van der Waals surface area contributed by atoms with E-state index in [1.54, 1.807) is 6.08 Å². The van der Waals surface area contributed by atoms with E-state index in [1.807, 2.05) is 49.4 Å². The molecule has 0 aromatic heterocycles. The standard InChI is InChI=1S/C19H17ClN2O3S/c1-2-24-17-10-13(9-15-18(23)22-19(26)21-15)5-8-16(17)25-11-12-3-6-14(20)7-4-12/h3-10H,2,11H2,1H3,(H2,21,22,23,26). The van der Waals surface area contributed by atoms with Crippen LogP contribution in [0.15, 0.2) is 48.2 Å². The highest BCUT2D eigenvalue weighted by atomic mass is 35.5. The fraction of sp³-hybridized carbons (Fsp3) is 0.158. The number of halogens is 1. The molecule has 0 unspecified atom stereocenters. The molecule has 2 N–H and O–H groups in total. The van der Waals surface area contributed by atoms with Gasteiger partial charge in [-0.2, -0.15) is 0 Å². The third kappa shape index (κ3) is 4.53. The first-order chi connectivity index (χ1) is 12.5. The summed E-state index contributed by atoms with van der Waals surface area (Å²) >= 11 is 10.8. The zero-order valence-corrected chi connectivity index (χ0v) is 15.6. The van der Waals surface area contributed by atoms with Crippen LogP contribution in [0.2, 0.25) is 5.02 Å². The van der Waals surface area contributed by atoms with Gasteiger partial charge in [0.25, 0.3) is 5.91 Å². The molecule has 0 aliphatic carbocycles. The van der Waals surface area contributed by atoms with Crippen molar-refractivity contribution in [2.45, 2.75) is 13.5 Å². The molecular weight excluding hydrogens is 372 g/mol. The van der Waals surface area contributed by atoms with Gasteiger partial charge in [0.1, 0.15) is 12.3 Å². The number of hydrogen-bond donors (Lipinski definition) is 2. The third-order valence-electron chi connectivity index (χ3n) is 3.61. The molecular formula is C19H17ClN2O3S. The lowest BCUT2D eigenvalue weighted by Crippen LogP contribution is -2.21. The molecule has 7 heteroatoms. The summed E-state index contributed by atoms with van der Waals surface area (Å²) in [7, 11) is 0. The third-order valence-corrected chi connectivity index (χ3v) is 4.06. The van der Waals surface area contributed by atoms with Crippen LogP contribution in [0.3, 0.4) is 0 Å². The fourth-order valence-electron chi connectivity index (χ4n) is 2.39. The average molecular weight is 389 g/mol. The Bertz CT molecular complexity index is 866. The maximum Gasteiger partial charge on any atom is 0.273 e. The van der Waals surface area contributed by atoms with Crippen molar-refractivity contribution in [3.05, 3.63) is 64.3 Å². The van der Waals surface area contributed by atoms with Crippen molar-refractivity contribution >= 4 is 40.9 Å². The molecule has 0 radical (unpaired) electrons. The molecule has 1 aliphatic rings. The largest absolute Gasteiger partial charge is 0.490 e. The van der Waals surface area contributed by atoms with Crippen LogP contribution in [-0.4, -0.2) is 17.6 Å². The lowest BCUT2D eigenvalue weighted by molar-refractivity contribution is -0.115. The van der Waals surface area contributed by atoms with Crippen LogP contribution in [0, 0.1) is 0 Å². The number of thiocarbonyl (C=S) groups is 1. The Morgan fingerprint density at radius 2 is 1.85 bits per heavy atom. The highest BCUT2D eigenvalue weighted by molar-refractivity contribution is 7.80. The number of amides is 1. The van der Waals surface area contributed by atoms with E-state index in [0.29, 0.717) is 40.5 Å². The summed E-state index contributed by atoms with van der Waals surface area (Å²) in [4.78, 5) is 11.8. The number of carbonyl (C=O) groups is 1. The quantitative estimate of drug-likeness (QED) is 0.584. The van der Waals surface area contributed by atoms with E-state index in [-0.39, 0.29) is 5.91 Å². The first-order valence-corrected chi connectivity index (χ1v) is 8.82. The van der Waals surface area contributed by atoms with Crippen molar-refractivity contribution in [3.8, 4) is 11.5 Å². The van der Waals surface area contributed by atoms with Crippen LogP contribution in [0.1, 0.15) is 18.1 Å². The van der Waals surface area contributed by atoms with Crippen molar-refractivity contribution in [3.63, 3.8) is 0 Å². The van der Waals surface area contributed by atoms with E-state index < -0.39 is 0 Å². The van der Waals surface area contributed by atoms with Gasteiger partial charge in [0.05, 0.1) is 6.61 Å². The summed E-state index contributed by atoms with van der Waals surface area (Å²) < 4.78 is 11.5. The molecule has 134 valence electrons. The summed E-state index contributed by atoms with van der Waals surface area (Å²) in [6, 6.07) is 13.0. The lowest BCUT2D eigenvalue weighted by atomic mass is 10.1. The Hall–Kier alpha value is -2.57. The second-order valence-electron chi connectivity index (χ2n) is 5.52. The van der Waals surface area contributed by atoms with Gasteiger partial charge in [0, 0.05) is 5.02 Å². The second-order valence-corrected chi connectivity index (χ2v) is 6.37. The predicted octanol–water partition coefficient (Wildman–Crippen LogP) is 3.66. The molecule has 0 saturated carbocycles. The van der Waals surface area contributed by atoms with E-state index >= 15 is 0 Å². The van der Waals surface area contributed by atoms with Gasteiger partial charge in [-0.25, -0.2) is 0 Å². The molecule has 1 fully saturated rings. The minimum atomic E-state index is -0.254. The van der Waals surface area contributed by atoms with Crippen LogP contribution in [0.25, 0.3) is 6.08 Å². The van der Waals surface area contributed by atoms with Crippen LogP contribution < -0.4 is 20.1 Å². The molecule has 2 aromatic rings. The Morgan fingerprint density at radius 1 is 1.08 bits per heavy atom. The number of hydrogen-bond acceptors (Lipinski definition) is 4. The highest BCUT2D eigenvalue weighted by Gasteiger charge is 2.20. The van der Waals surface area contributed by atoms with Gasteiger partial charge in [-0.1, -0.05) is 29.8 Å². The Kier molecular flexibility index (Phi) is 5.75. The van der Waals surface area contributed by atoms with Gasteiger partial charge < -0.3 is 14.8 Å². The molecule has 26 heavy (non-hydrogen) atoms. The van der Waals surface area contributed by atoms with Gasteiger partial charge >= 0.3 is 0 Å². The molecule has 0 bridgehead atoms. The summed E-state index contributed by atoms with van der Waals surface area (Å²) in [5.74, 6) is 0.983. The lowest BCUT2D eigenvalue weighted by Gasteiger charge is -2.13. The van der Waals surface area contributed by atoms with Crippen LogP contribution in [0.4, 0.5) is 0 Å². The minimum absolute atomic E-state index is 0.254. The van der Waals surface area contributed by atoms with E-state index in [0.717, 1.165) is 11.1 Å². The number of ether oxygens (including phenoxy) is 2. The van der Waals surface area contributed by atoms with Crippen molar-refractivity contribution in [2.75, 3.05) is 6.61 Å². The van der Waals surface area contributed by atoms with Crippen LogP contribution in [0.5, 0.6) is 11.5 Å². The Balaban J connectivity index is 1.78. The topological polar surface area (TPSA) is 59.6 Å². The number of carbonyl (C=O) groups excluding carboxylic acids is 1. The maximum absolute atomic E-state index is 11.8.